The Morgan fingerprint density at radius 3 is 2.46 bits per heavy atom. The smallest absolute Gasteiger partial charge is 0.275 e. The van der Waals surface area contributed by atoms with Crippen LogP contribution in [0.3, 0.4) is 0 Å². The molecule has 1 aliphatic rings. The minimum atomic E-state index is -1.28. The lowest BCUT2D eigenvalue weighted by Crippen LogP contribution is -2.67. The second-order valence-electron chi connectivity index (χ2n) is 10.7. The molecule has 0 saturated heterocycles. The number of pyridine rings is 1. The van der Waals surface area contributed by atoms with Crippen molar-refractivity contribution in [2.24, 2.45) is 0 Å². The Hall–Kier alpha value is -3.60. The zero-order valence-electron chi connectivity index (χ0n) is 21.6. The first-order valence-electron chi connectivity index (χ1n) is 11.9. The van der Waals surface area contributed by atoms with Crippen molar-refractivity contribution >= 4 is 23.2 Å². The van der Waals surface area contributed by atoms with Gasteiger partial charge in [-0.05, 0) is 59.2 Å². The number of amides is 2. The average Bonchev–Trinajstić information content (AvgIpc) is 3.24. The van der Waals surface area contributed by atoms with E-state index in [1.807, 2.05) is 20.8 Å². The van der Waals surface area contributed by atoms with Gasteiger partial charge in [-0.3, -0.25) is 14.4 Å². The Bertz CT molecular complexity index is 1420. The van der Waals surface area contributed by atoms with E-state index in [9.17, 15) is 23.9 Å². The summed E-state index contributed by atoms with van der Waals surface area (Å²) < 4.78 is 14.7. The van der Waals surface area contributed by atoms with Crippen LogP contribution in [0, 0.1) is 5.82 Å². The molecule has 1 aliphatic heterocycles. The molecule has 4 rings (SSSR count). The summed E-state index contributed by atoms with van der Waals surface area (Å²) in [6, 6.07) is 5.63. The first-order chi connectivity index (χ1) is 17.2. The summed E-state index contributed by atoms with van der Waals surface area (Å²) in [4.78, 5) is 41.5. The number of nitrogens with one attached hydrogen (secondary N) is 1. The third-order valence-electron chi connectivity index (χ3n) is 6.15. The maximum Gasteiger partial charge on any atom is 0.275 e. The van der Waals surface area contributed by atoms with Gasteiger partial charge in [-0.25, -0.2) is 4.39 Å². The van der Waals surface area contributed by atoms with Crippen LogP contribution in [-0.2, 0) is 17.8 Å². The molecule has 3 aromatic rings. The number of aromatic nitrogens is 3. The van der Waals surface area contributed by atoms with E-state index in [1.54, 1.807) is 32.9 Å². The van der Waals surface area contributed by atoms with Crippen molar-refractivity contribution in [2.75, 3.05) is 0 Å². The van der Waals surface area contributed by atoms with Gasteiger partial charge in [-0.2, -0.15) is 0 Å². The molecule has 0 fully saturated rings. The highest BCUT2D eigenvalue weighted by Gasteiger charge is 2.50. The second-order valence-corrected chi connectivity index (χ2v) is 11.8. The predicted molar refractivity (Wildman–Crippen MR) is 138 cm³/mol. The Morgan fingerprint density at radius 1 is 1.22 bits per heavy atom. The molecule has 1 aromatic carbocycles. The fraction of sp³-hybridized carbons (Fsp3) is 0.423. The van der Waals surface area contributed by atoms with Crippen molar-refractivity contribution in [2.45, 2.75) is 71.6 Å². The van der Waals surface area contributed by atoms with E-state index in [0.29, 0.717) is 11.4 Å². The van der Waals surface area contributed by atoms with Gasteiger partial charge in [0, 0.05) is 24.2 Å². The zero-order chi connectivity index (χ0) is 27.3. The van der Waals surface area contributed by atoms with Crippen molar-refractivity contribution in [3.8, 4) is 16.3 Å². The van der Waals surface area contributed by atoms with Crippen LogP contribution in [0.25, 0.3) is 10.6 Å². The number of nitrogens with zero attached hydrogens (tertiary/aromatic N) is 4. The number of carbonyl (C=O) groups excluding carboxylic acids is 2. The van der Waals surface area contributed by atoms with Crippen molar-refractivity contribution < 1.29 is 19.1 Å². The minimum absolute atomic E-state index is 0.0241. The van der Waals surface area contributed by atoms with Crippen LogP contribution in [0.1, 0.15) is 62.6 Å². The van der Waals surface area contributed by atoms with Gasteiger partial charge in [0.05, 0.1) is 12.1 Å². The van der Waals surface area contributed by atoms with Gasteiger partial charge >= 0.3 is 0 Å². The van der Waals surface area contributed by atoms with Crippen LogP contribution in [0.15, 0.2) is 35.3 Å². The number of aromatic hydroxyl groups is 1. The topological polar surface area (TPSA) is 117 Å². The summed E-state index contributed by atoms with van der Waals surface area (Å²) in [5.41, 5.74) is -1.81. The highest BCUT2D eigenvalue weighted by Crippen LogP contribution is 2.34. The molecule has 0 unspecified atom stereocenters. The number of benzene rings is 1. The fourth-order valence-electron chi connectivity index (χ4n) is 4.57. The van der Waals surface area contributed by atoms with Crippen molar-refractivity contribution in [3.63, 3.8) is 0 Å². The van der Waals surface area contributed by atoms with Crippen LogP contribution in [0.2, 0.25) is 0 Å². The molecule has 0 radical (unpaired) electrons. The first kappa shape index (κ1) is 26.5. The summed E-state index contributed by atoms with van der Waals surface area (Å²) in [6.45, 7) is 10.8. The number of rotatable bonds is 5. The van der Waals surface area contributed by atoms with E-state index in [2.05, 4.69) is 15.5 Å². The average molecular weight is 528 g/mol. The first-order valence-corrected chi connectivity index (χ1v) is 12.7. The van der Waals surface area contributed by atoms with E-state index in [4.69, 9.17) is 0 Å². The van der Waals surface area contributed by atoms with E-state index in [1.165, 1.54) is 27.8 Å². The van der Waals surface area contributed by atoms with Gasteiger partial charge in [0.25, 0.3) is 5.91 Å². The van der Waals surface area contributed by atoms with E-state index in [-0.39, 0.29) is 40.6 Å². The molecule has 0 aliphatic carbocycles. The molecule has 0 spiro atoms. The quantitative estimate of drug-likeness (QED) is 0.526. The van der Waals surface area contributed by atoms with Gasteiger partial charge < -0.3 is 19.9 Å². The standard InChI is InChI=1S/C26H30FN5O4S/c1-14(2)32-23(35)19-21(34)20(33)17(12-31(19)13-26(32,6)24(36)28-25(3,4)5)22-30-29-18(37-22)11-15-7-9-16(27)10-8-15/h7-10,12,14,34H,11,13H2,1-6H3,(H,28,36)/t26-/m0/s1. The molecule has 3 heterocycles. The Morgan fingerprint density at radius 2 is 1.86 bits per heavy atom. The minimum Gasteiger partial charge on any atom is -0.503 e. The molecule has 196 valence electrons. The van der Waals surface area contributed by atoms with Gasteiger partial charge in [0.2, 0.25) is 11.3 Å². The largest absolute Gasteiger partial charge is 0.503 e. The van der Waals surface area contributed by atoms with Gasteiger partial charge in [0.1, 0.15) is 16.4 Å². The SMILES string of the molecule is CC(C)N1C(=O)c2c(O)c(=O)c(-c3nnc(Cc4ccc(F)cc4)s3)cn2C[C@@]1(C)C(=O)NC(C)(C)C. The molecule has 0 saturated carbocycles. The maximum atomic E-state index is 13.6. The van der Waals surface area contributed by atoms with E-state index in [0.717, 1.165) is 16.9 Å². The number of hydrogen-bond acceptors (Lipinski definition) is 7. The number of carbonyl (C=O) groups is 2. The van der Waals surface area contributed by atoms with Crippen LogP contribution >= 0.6 is 11.3 Å². The lowest BCUT2D eigenvalue weighted by molar-refractivity contribution is -0.135. The molecule has 2 aromatic heterocycles. The Labute approximate surface area is 218 Å². The molecule has 11 heteroatoms. The lowest BCUT2D eigenvalue weighted by Gasteiger charge is -2.47. The van der Waals surface area contributed by atoms with Crippen molar-refractivity contribution in [1.82, 2.24) is 25.0 Å². The zero-order valence-corrected chi connectivity index (χ0v) is 22.4. The Balaban J connectivity index is 1.76. The number of halogens is 1. The highest BCUT2D eigenvalue weighted by atomic mass is 32.1. The van der Waals surface area contributed by atoms with E-state index >= 15 is 0 Å². The molecular formula is C26H30FN5O4S. The van der Waals surface area contributed by atoms with Gasteiger partial charge in [-0.1, -0.05) is 23.5 Å². The predicted octanol–water partition coefficient (Wildman–Crippen LogP) is 3.34. The van der Waals surface area contributed by atoms with Crippen LogP contribution in [0.4, 0.5) is 4.39 Å². The summed E-state index contributed by atoms with van der Waals surface area (Å²) in [6.07, 6.45) is 1.85. The molecule has 37 heavy (non-hydrogen) atoms. The summed E-state index contributed by atoms with van der Waals surface area (Å²) >= 11 is 1.16. The van der Waals surface area contributed by atoms with Crippen molar-refractivity contribution in [1.29, 1.82) is 0 Å². The monoisotopic (exact) mass is 527 g/mol. The fourth-order valence-corrected chi connectivity index (χ4v) is 5.45. The molecular weight excluding hydrogens is 497 g/mol. The van der Waals surface area contributed by atoms with Crippen LogP contribution in [-0.4, -0.2) is 53.7 Å². The third-order valence-corrected chi connectivity index (χ3v) is 7.10. The molecule has 2 N–H and O–H groups in total. The molecule has 1 atom stereocenters. The summed E-state index contributed by atoms with van der Waals surface area (Å²) in [5, 5.41) is 23.0. The Kier molecular flexibility index (Phi) is 6.70. The second kappa shape index (κ2) is 9.37. The van der Waals surface area contributed by atoms with Crippen molar-refractivity contribution in [3.05, 3.63) is 62.8 Å². The molecule has 0 bridgehead atoms. The number of hydrogen-bond donors (Lipinski definition) is 2. The lowest BCUT2D eigenvalue weighted by atomic mass is 9.91. The van der Waals surface area contributed by atoms with Gasteiger partial charge in [0.15, 0.2) is 16.5 Å². The van der Waals surface area contributed by atoms with E-state index < -0.39 is 28.2 Å². The molecule has 2 amide bonds. The molecule has 9 nitrogen and oxygen atoms in total. The van der Waals surface area contributed by atoms with Crippen LogP contribution in [0.5, 0.6) is 5.75 Å². The number of fused-ring (bicyclic) bond motifs is 1. The summed E-state index contributed by atoms with van der Waals surface area (Å²) in [5.74, 6) is -1.98. The normalized spacial score (nSPS) is 17.7. The highest BCUT2D eigenvalue weighted by molar-refractivity contribution is 7.14. The van der Waals surface area contributed by atoms with Gasteiger partial charge in [-0.15, -0.1) is 10.2 Å². The maximum absolute atomic E-state index is 13.6. The summed E-state index contributed by atoms with van der Waals surface area (Å²) in [7, 11) is 0. The van der Waals surface area contributed by atoms with Crippen LogP contribution < -0.4 is 10.7 Å². The third kappa shape index (κ3) is 5.00.